The van der Waals surface area contributed by atoms with Gasteiger partial charge in [-0.1, -0.05) is 18.9 Å². The Labute approximate surface area is 141 Å². The molecular weight excluding hydrogens is 302 g/mol. The average molecular weight is 323 g/mol. The molecule has 1 aromatic carbocycles. The monoisotopic (exact) mass is 323 g/mol. The normalized spacial score (nSPS) is 15.7. The SMILES string of the molecule is Cc1ccc(N2CCCCCC2)c(NC=C(C#N)c2nn[nH]n2)c1. The van der Waals surface area contributed by atoms with Crippen LogP contribution in [-0.2, 0) is 0 Å². The van der Waals surface area contributed by atoms with Crippen LogP contribution in [0.15, 0.2) is 24.4 Å². The third-order valence-corrected chi connectivity index (χ3v) is 4.18. The number of aromatic nitrogens is 4. The Morgan fingerprint density at radius 2 is 2.08 bits per heavy atom. The van der Waals surface area contributed by atoms with E-state index in [-0.39, 0.29) is 5.82 Å². The highest BCUT2D eigenvalue weighted by molar-refractivity contribution is 5.78. The summed E-state index contributed by atoms with van der Waals surface area (Å²) in [5.74, 6) is 0.286. The molecular formula is C17H21N7. The van der Waals surface area contributed by atoms with E-state index < -0.39 is 0 Å². The lowest BCUT2D eigenvalue weighted by molar-refractivity contribution is 0.726. The standard InChI is InChI=1S/C17H21N7/c1-13-6-7-16(24-8-4-2-3-5-9-24)15(10-13)19-12-14(11-18)17-20-22-23-21-17/h6-7,10,12,19H,2-5,8-9H2,1H3,(H,20,21,22,23). The molecule has 1 fully saturated rings. The summed E-state index contributed by atoms with van der Waals surface area (Å²) in [7, 11) is 0. The molecule has 7 nitrogen and oxygen atoms in total. The van der Waals surface area contributed by atoms with Crippen molar-refractivity contribution in [2.75, 3.05) is 23.3 Å². The van der Waals surface area contributed by atoms with Gasteiger partial charge in [0, 0.05) is 19.3 Å². The van der Waals surface area contributed by atoms with Crippen molar-refractivity contribution in [3.05, 3.63) is 35.8 Å². The molecule has 0 spiro atoms. The molecule has 0 amide bonds. The molecule has 124 valence electrons. The summed E-state index contributed by atoms with van der Waals surface area (Å²) in [6.07, 6.45) is 6.66. The molecule has 2 N–H and O–H groups in total. The van der Waals surface area contributed by atoms with Gasteiger partial charge in [0.15, 0.2) is 0 Å². The number of benzene rings is 1. The van der Waals surface area contributed by atoms with Gasteiger partial charge in [-0.2, -0.15) is 10.5 Å². The number of tetrazole rings is 1. The predicted octanol–water partition coefficient (Wildman–Crippen LogP) is 2.87. The van der Waals surface area contributed by atoms with Gasteiger partial charge in [0.05, 0.1) is 11.4 Å². The zero-order valence-corrected chi connectivity index (χ0v) is 13.8. The summed E-state index contributed by atoms with van der Waals surface area (Å²) in [6.45, 7) is 4.19. The van der Waals surface area contributed by atoms with Crippen molar-refractivity contribution in [3.63, 3.8) is 0 Å². The second kappa shape index (κ2) is 7.59. The lowest BCUT2D eigenvalue weighted by atomic mass is 10.1. The fourth-order valence-corrected chi connectivity index (χ4v) is 2.93. The first-order valence-corrected chi connectivity index (χ1v) is 8.24. The van der Waals surface area contributed by atoms with Crippen molar-refractivity contribution >= 4 is 16.9 Å². The van der Waals surface area contributed by atoms with E-state index in [1.807, 2.05) is 0 Å². The van der Waals surface area contributed by atoms with Gasteiger partial charge in [0.2, 0.25) is 5.82 Å². The minimum atomic E-state index is 0.286. The number of nitriles is 1. The van der Waals surface area contributed by atoms with Gasteiger partial charge >= 0.3 is 0 Å². The lowest BCUT2D eigenvalue weighted by Gasteiger charge is -2.25. The van der Waals surface area contributed by atoms with Crippen LogP contribution in [0.25, 0.3) is 5.57 Å². The van der Waals surface area contributed by atoms with E-state index in [0.29, 0.717) is 5.57 Å². The third kappa shape index (κ3) is 3.71. The third-order valence-electron chi connectivity index (χ3n) is 4.18. The largest absolute Gasteiger partial charge is 0.370 e. The summed E-state index contributed by atoms with van der Waals surface area (Å²) >= 11 is 0. The van der Waals surface area contributed by atoms with Crippen LogP contribution in [0.4, 0.5) is 11.4 Å². The van der Waals surface area contributed by atoms with E-state index in [2.05, 4.69) is 62.0 Å². The van der Waals surface area contributed by atoms with E-state index in [9.17, 15) is 5.26 Å². The minimum absolute atomic E-state index is 0.286. The van der Waals surface area contributed by atoms with Crippen molar-refractivity contribution in [1.82, 2.24) is 20.6 Å². The molecule has 1 aliphatic rings. The van der Waals surface area contributed by atoms with Gasteiger partial charge in [0.25, 0.3) is 0 Å². The molecule has 1 aromatic heterocycles. The number of nitrogens with one attached hydrogen (secondary N) is 2. The fourth-order valence-electron chi connectivity index (χ4n) is 2.93. The molecule has 7 heteroatoms. The van der Waals surface area contributed by atoms with Gasteiger partial charge < -0.3 is 10.2 Å². The molecule has 24 heavy (non-hydrogen) atoms. The van der Waals surface area contributed by atoms with Crippen LogP contribution < -0.4 is 10.2 Å². The smallest absolute Gasteiger partial charge is 0.216 e. The fraction of sp³-hybridized carbons (Fsp3) is 0.412. The lowest BCUT2D eigenvalue weighted by Crippen LogP contribution is -2.24. The van der Waals surface area contributed by atoms with Crippen LogP contribution in [-0.4, -0.2) is 33.7 Å². The topological polar surface area (TPSA) is 93.5 Å². The number of nitrogens with zero attached hydrogens (tertiary/aromatic N) is 5. The summed E-state index contributed by atoms with van der Waals surface area (Å²) in [6, 6.07) is 8.47. The molecule has 2 aromatic rings. The average Bonchev–Trinajstić information content (AvgIpc) is 2.98. The van der Waals surface area contributed by atoms with E-state index in [0.717, 1.165) is 18.8 Å². The van der Waals surface area contributed by atoms with Crippen molar-refractivity contribution in [1.29, 1.82) is 5.26 Å². The Kier molecular flexibility index (Phi) is 5.06. The number of allylic oxidation sites excluding steroid dienone is 1. The number of H-pyrrole nitrogens is 1. The molecule has 0 radical (unpaired) electrons. The summed E-state index contributed by atoms with van der Waals surface area (Å²) in [5.41, 5.74) is 3.67. The first-order valence-electron chi connectivity index (χ1n) is 8.24. The van der Waals surface area contributed by atoms with Gasteiger partial charge in [-0.25, -0.2) is 0 Å². The second-order valence-corrected chi connectivity index (χ2v) is 5.97. The van der Waals surface area contributed by atoms with E-state index >= 15 is 0 Å². The minimum Gasteiger partial charge on any atom is -0.370 e. The number of anilines is 2. The summed E-state index contributed by atoms with van der Waals surface area (Å²) < 4.78 is 0. The molecule has 1 aliphatic heterocycles. The summed E-state index contributed by atoms with van der Waals surface area (Å²) in [5, 5.41) is 26.1. The molecule has 0 unspecified atom stereocenters. The first-order chi connectivity index (χ1) is 11.8. The first kappa shape index (κ1) is 16.0. The maximum atomic E-state index is 9.30. The van der Waals surface area contributed by atoms with Crippen LogP contribution in [0.5, 0.6) is 0 Å². The maximum absolute atomic E-state index is 9.30. The zero-order valence-electron chi connectivity index (χ0n) is 13.8. The number of hydrogen-bond acceptors (Lipinski definition) is 6. The second-order valence-electron chi connectivity index (χ2n) is 5.97. The Balaban J connectivity index is 1.86. The Hall–Kier alpha value is -2.88. The van der Waals surface area contributed by atoms with Gasteiger partial charge in [-0.15, -0.1) is 10.2 Å². The Morgan fingerprint density at radius 3 is 2.75 bits per heavy atom. The maximum Gasteiger partial charge on any atom is 0.216 e. The van der Waals surface area contributed by atoms with Crippen LogP contribution >= 0.6 is 0 Å². The van der Waals surface area contributed by atoms with E-state index in [1.54, 1.807) is 6.20 Å². The highest BCUT2D eigenvalue weighted by Gasteiger charge is 2.14. The molecule has 0 aliphatic carbocycles. The van der Waals surface area contributed by atoms with Crippen LogP contribution in [0.3, 0.4) is 0 Å². The molecule has 0 atom stereocenters. The van der Waals surface area contributed by atoms with Crippen molar-refractivity contribution in [2.24, 2.45) is 0 Å². The number of hydrogen-bond donors (Lipinski definition) is 2. The highest BCUT2D eigenvalue weighted by atomic mass is 15.5. The van der Waals surface area contributed by atoms with Crippen molar-refractivity contribution < 1.29 is 0 Å². The van der Waals surface area contributed by atoms with Crippen molar-refractivity contribution in [3.8, 4) is 6.07 Å². The van der Waals surface area contributed by atoms with Crippen LogP contribution in [0.1, 0.15) is 37.1 Å². The molecule has 0 saturated carbocycles. The molecule has 2 heterocycles. The van der Waals surface area contributed by atoms with Gasteiger partial charge in [-0.3, -0.25) is 0 Å². The summed E-state index contributed by atoms with van der Waals surface area (Å²) in [4.78, 5) is 2.42. The van der Waals surface area contributed by atoms with Crippen LogP contribution in [0.2, 0.25) is 0 Å². The van der Waals surface area contributed by atoms with E-state index in [1.165, 1.54) is 36.9 Å². The Bertz CT molecular complexity index is 735. The highest BCUT2D eigenvalue weighted by Crippen LogP contribution is 2.29. The number of rotatable bonds is 4. The van der Waals surface area contributed by atoms with Crippen molar-refractivity contribution in [2.45, 2.75) is 32.6 Å². The van der Waals surface area contributed by atoms with Gasteiger partial charge in [0.1, 0.15) is 11.6 Å². The number of aromatic amines is 1. The van der Waals surface area contributed by atoms with E-state index in [4.69, 9.17) is 0 Å². The van der Waals surface area contributed by atoms with Crippen LogP contribution in [0, 0.1) is 18.3 Å². The predicted molar refractivity (Wildman–Crippen MR) is 93.3 cm³/mol. The molecule has 1 saturated heterocycles. The number of aryl methyl sites for hydroxylation is 1. The zero-order chi connectivity index (χ0) is 16.8. The van der Waals surface area contributed by atoms with Gasteiger partial charge in [-0.05, 0) is 42.7 Å². The quantitative estimate of drug-likeness (QED) is 0.840. The molecule has 3 rings (SSSR count). The Morgan fingerprint density at radius 1 is 1.29 bits per heavy atom. The molecule has 0 bridgehead atoms.